The lowest BCUT2D eigenvalue weighted by Gasteiger charge is -2.20. The molecule has 1 aliphatic rings. The summed E-state index contributed by atoms with van der Waals surface area (Å²) in [6, 6.07) is 15.0. The van der Waals surface area contributed by atoms with Crippen LogP contribution in [0.15, 0.2) is 53.4 Å². The van der Waals surface area contributed by atoms with Gasteiger partial charge in [0, 0.05) is 16.3 Å². The third-order valence-electron chi connectivity index (χ3n) is 4.43. The summed E-state index contributed by atoms with van der Waals surface area (Å²) in [5.41, 5.74) is 1.50. The first kappa shape index (κ1) is 16.6. The van der Waals surface area contributed by atoms with E-state index in [0.717, 1.165) is 16.2 Å². The summed E-state index contributed by atoms with van der Waals surface area (Å²) in [4.78, 5) is 25.0. The van der Waals surface area contributed by atoms with Crippen LogP contribution in [0.1, 0.15) is 30.9 Å². The van der Waals surface area contributed by atoms with Gasteiger partial charge in [-0.25, -0.2) is 0 Å². The largest absolute Gasteiger partial charge is 0.481 e. The van der Waals surface area contributed by atoms with Crippen molar-refractivity contribution in [3.8, 4) is 0 Å². The van der Waals surface area contributed by atoms with Crippen molar-refractivity contribution in [3.63, 3.8) is 0 Å². The van der Waals surface area contributed by atoms with E-state index in [2.05, 4.69) is 5.32 Å². The van der Waals surface area contributed by atoms with Crippen LogP contribution in [0, 0.1) is 0 Å². The summed E-state index contributed by atoms with van der Waals surface area (Å²) in [5.74, 6) is -0.312. The number of carboxylic acid groups (broad SMARTS) is 1. The molecule has 0 bridgehead atoms. The van der Waals surface area contributed by atoms with Gasteiger partial charge < -0.3 is 10.4 Å². The number of carbonyl (C=O) groups excluding carboxylic acids is 1. The van der Waals surface area contributed by atoms with E-state index in [-0.39, 0.29) is 11.8 Å². The molecule has 5 heteroatoms. The number of hydrogen-bond acceptors (Lipinski definition) is 3. The van der Waals surface area contributed by atoms with E-state index in [9.17, 15) is 14.7 Å². The molecule has 124 valence electrons. The first-order valence-corrected chi connectivity index (χ1v) is 8.74. The number of benzene rings is 2. The number of rotatable bonds is 4. The van der Waals surface area contributed by atoms with Gasteiger partial charge in [0.05, 0.1) is 11.3 Å². The van der Waals surface area contributed by atoms with Crippen LogP contribution in [0.2, 0.25) is 0 Å². The molecule has 2 aromatic carbocycles. The van der Waals surface area contributed by atoms with Crippen molar-refractivity contribution in [2.75, 3.05) is 11.1 Å². The number of nitrogens with one attached hydrogen (secondary N) is 1. The quantitative estimate of drug-likeness (QED) is 0.886. The lowest BCUT2D eigenvalue weighted by atomic mass is 9.85. The van der Waals surface area contributed by atoms with E-state index < -0.39 is 11.4 Å². The monoisotopic (exact) mass is 341 g/mol. The summed E-state index contributed by atoms with van der Waals surface area (Å²) in [5, 5.41) is 12.2. The Bertz CT molecular complexity index is 783. The molecule has 1 unspecified atom stereocenters. The van der Waals surface area contributed by atoms with Gasteiger partial charge in [0.25, 0.3) is 0 Å². The Morgan fingerprint density at radius 3 is 2.46 bits per heavy atom. The molecule has 0 fully saturated rings. The first-order valence-electron chi connectivity index (χ1n) is 7.76. The molecule has 4 nitrogen and oxygen atoms in total. The standard InChI is InChI=1S/C19H19NO3S/c1-19(2,18(22)23)12-7-9-13(10-8-12)20-17(21)15-11-24-16-6-4-3-5-14(15)16/h3-10,15H,11H2,1-2H3,(H,20,21)(H,22,23). The Labute approximate surface area is 145 Å². The highest BCUT2D eigenvalue weighted by molar-refractivity contribution is 7.99. The molecule has 1 amide bonds. The van der Waals surface area contributed by atoms with Gasteiger partial charge in [0.1, 0.15) is 0 Å². The van der Waals surface area contributed by atoms with Crippen molar-refractivity contribution in [2.45, 2.75) is 30.1 Å². The van der Waals surface area contributed by atoms with Crippen LogP contribution < -0.4 is 5.32 Å². The average molecular weight is 341 g/mol. The van der Waals surface area contributed by atoms with Crippen LogP contribution in [0.5, 0.6) is 0 Å². The van der Waals surface area contributed by atoms with Gasteiger partial charge in [-0.3, -0.25) is 9.59 Å². The van der Waals surface area contributed by atoms with E-state index >= 15 is 0 Å². The van der Waals surface area contributed by atoms with Crippen LogP contribution >= 0.6 is 11.8 Å². The lowest BCUT2D eigenvalue weighted by molar-refractivity contribution is -0.142. The minimum atomic E-state index is -0.955. The van der Waals surface area contributed by atoms with E-state index in [1.165, 1.54) is 0 Å². The maximum atomic E-state index is 12.5. The number of thioether (sulfide) groups is 1. The lowest BCUT2D eigenvalue weighted by Crippen LogP contribution is -2.28. The van der Waals surface area contributed by atoms with Gasteiger partial charge in [-0.1, -0.05) is 30.3 Å². The fourth-order valence-corrected chi connectivity index (χ4v) is 3.93. The Morgan fingerprint density at radius 1 is 1.12 bits per heavy atom. The smallest absolute Gasteiger partial charge is 0.313 e. The fraction of sp³-hybridized carbons (Fsp3) is 0.263. The van der Waals surface area contributed by atoms with Crippen LogP contribution in [-0.2, 0) is 15.0 Å². The van der Waals surface area contributed by atoms with Gasteiger partial charge in [-0.15, -0.1) is 11.8 Å². The molecule has 1 heterocycles. The van der Waals surface area contributed by atoms with Gasteiger partial charge in [-0.2, -0.15) is 0 Å². The molecule has 1 atom stereocenters. The number of amides is 1. The van der Waals surface area contributed by atoms with E-state index in [1.54, 1.807) is 49.9 Å². The molecule has 3 rings (SSSR count). The molecule has 2 aromatic rings. The molecule has 1 aliphatic heterocycles. The third-order valence-corrected chi connectivity index (χ3v) is 5.61. The minimum Gasteiger partial charge on any atom is -0.481 e. The van der Waals surface area contributed by atoms with Gasteiger partial charge in [0.2, 0.25) is 5.91 Å². The predicted octanol–water partition coefficient (Wildman–Crippen LogP) is 3.88. The third kappa shape index (κ3) is 3.04. The second kappa shape index (κ2) is 6.32. The van der Waals surface area contributed by atoms with Gasteiger partial charge in [-0.05, 0) is 43.2 Å². The van der Waals surface area contributed by atoms with Crippen LogP contribution in [0.25, 0.3) is 0 Å². The number of anilines is 1. The second-order valence-corrected chi connectivity index (χ2v) is 7.46. The first-order chi connectivity index (χ1) is 11.4. The highest BCUT2D eigenvalue weighted by Gasteiger charge is 2.30. The summed E-state index contributed by atoms with van der Waals surface area (Å²) in [6.07, 6.45) is 0. The Hall–Kier alpha value is -2.27. The van der Waals surface area contributed by atoms with E-state index in [4.69, 9.17) is 0 Å². The number of fused-ring (bicyclic) bond motifs is 1. The zero-order valence-corrected chi connectivity index (χ0v) is 14.4. The molecule has 0 aromatic heterocycles. The van der Waals surface area contributed by atoms with Crippen LogP contribution in [0.4, 0.5) is 5.69 Å². The topological polar surface area (TPSA) is 66.4 Å². The maximum absolute atomic E-state index is 12.5. The molecule has 24 heavy (non-hydrogen) atoms. The molecule has 0 saturated heterocycles. The highest BCUT2D eigenvalue weighted by Crippen LogP contribution is 2.39. The number of aliphatic carboxylic acids is 1. The summed E-state index contributed by atoms with van der Waals surface area (Å²) in [6.45, 7) is 3.32. The fourth-order valence-electron chi connectivity index (χ4n) is 2.70. The number of carboxylic acids is 1. The summed E-state index contributed by atoms with van der Waals surface area (Å²) in [7, 11) is 0. The van der Waals surface area contributed by atoms with Crippen molar-refractivity contribution < 1.29 is 14.7 Å². The highest BCUT2D eigenvalue weighted by atomic mass is 32.2. The van der Waals surface area contributed by atoms with Crippen molar-refractivity contribution in [1.29, 1.82) is 0 Å². The average Bonchev–Trinajstić information content (AvgIpc) is 2.99. The second-order valence-electron chi connectivity index (χ2n) is 6.40. The van der Waals surface area contributed by atoms with E-state index in [1.807, 2.05) is 24.3 Å². The predicted molar refractivity (Wildman–Crippen MR) is 95.6 cm³/mol. The minimum absolute atomic E-state index is 0.0299. The zero-order valence-electron chi connectivity index (χ0n) is 13.6. The molecule has 0 spiro atoms. The van der Waals surface area contributed by atoms with Crippen molar-refractivity contribution in [3.05, 3.63) is 59.7 Å². The molecule has 0 radical (unpaired) electrons. The molecule has 2 N–H and O–H groups in total. The molecule has 0 aliphatic carbocycles. The van der Waals surface area contributed by atoms with E-state index in [0.29, 0.717) is 11.3 Å². The SMILES string of the molecule is CC(C)(C(=O)O)c1ccc(NC(=O)C2CSc3ccccc32)cc1. The Kier molecular flexibility index (Phi) is 4.37. The number of hydrogen-bond donors (Lipinski definition) is 2. The molecular weight excluding hydrogens is 322 g/mol. The van der Waals surface area contributed by atoms with Crippen molar-refractivity contribution in [1.82, 2.24) is 0 Å². The summed E-state index contributed by atoms with van der Waals surface area (Å²) >= 11 is 1.70. The van der Waals surface area contributed by atoms with Gasteiger partial charge in [0.15, 0.2) is 0 Å². The van der Waals surface area contributed by atoms with Crippen molar-refractivity contribution >= 4 is 29.3 Å². The van der Waals surface area contributed by atoms with Crippen LogP contribution in [0.3, 0.4) is 0 Å². The van der Waals surface area contributed by atoms with Crippen LogP contribution in [-0.4, -0.2) is 22.7 Å². The van der Waals surface area contributed by atoms with Crippen molar-refractivity contribution in [2.24, 2.45) is 0 Å². The molecular formula is C19H19NO3S. The van der Waals surface area contributed by atoms with Gasteiger partial charge >= 0.3 is 5.97 Å². The maximum Gasteiger partial charge on any atom is 0.313 e. The molecule has 0 saturated carbocycles. The summed E-state index contributed by atoms with van der Waals surface area (Å²) < 4.78 is 0. The number of carbonyl (C=O) groups is 2. The normalized spacial score (nSPS) is 16.5. The Balaban J connectivity index is 1.73. The Morgan fingerprint density at radius 2 is 1.79 bits per heavy atom. The zero-order chi connectivity index (χ0) is 17.3.